The molecule has 2 aromatic rings. The number of hydrogen-bond donors (Lipinski definition) is 1. The Balaban J connectivity index is 1.87. The molecule has 3 nitrogen and oxygen atoms in total. The van der Waals surface area contributed by atoms with Crippen molar-refractivity contribution in [1.29, 1.82) is 0 Å². The van der Waals surface area contributed by atoms with Crippen molar-refractivity contribution in [3.8, 4) is 5.75 Å². The van der Waals surface area contributed by atoms with Gasteiger partial charge in [0.2, 0.25) is 0 Å². The van der Waals surface area contributed by atoms with Crippen molar-refractivity contribution in [2.24, 2.45) is 0 Å². The van der Waals surface area contributed by atoms with Crippen LogP contribution >= 0.6 is 0 Å². The fraction of sp³-hybridized carbons (Fsp3) is 0.368. The number of rotatable bonds is 8. The van der Waals surface area contributed by atoms with Crippen LogP contribution < -0.4 is 4.74 Å². The van der Waals surface area contributed by atoms with E-state index in [1.165, 1.54) is 0 Å². The molecule has 0 fully saturated rings. The summed E-state index contributed by atoms with van der Waals surface area (Å²) in [5, 5.41) is 10.2. The number of ether oxygens (including phenoxy) is 1. The first-order chi connectivity index (χ1) is 10.7. The van der Waals surface area contributed by atoms with E-state index >= 15 is 0 Å². The zero-order valence-electron chi connectivity index (χ0n) is 13.4. The Morgan fingerprint density at radius 3 is 2.36 bits per heavy atom. The second-order valence-electron chi connectivity index (χ2n) is 5.62. The van der Waals surface area contributed by atoms with Crippen LogP contribution in [0.3, 0.4) is 0 Å². The second kappa shape index (κ2) is 8.57. The van der Waals surface area contributed by atoms with E-state index in [0.29, 0.717) is 13.2 Å². The van der Waals surface area contributed by atoms with Gasteiger partial charge in [0.25, 0.3) is 0 Å². The van der Waals surface area contributed by atoms with Crippen LogP contribution in [0.15, 0.2) is 54.6 Å². The summed E-state index contributed by atoms with van der Waals surface area (Å²) in [5.74, 6) is 0.821. The number of benzene rings is 2. The Morgan fingerprint density at radius 1 is 1.05 bits per heavy atom. The third kappa shape index (κ3) is 5.17. The quantitative estimate of drug-likeness (QED) is 0.808. The molecule has 0 heterocycles. The van der Waals surface area contributed by atoms with E-state index in [9.17, 15) is 5.11 Å². The van der Waals surface area contributed by atoms with Crippen molar-refractivity contribution >= 4 is 0 Å². The minimum absolute atomic E-state index is 0.459. The Labute approximate surface area is 133 Å². The van der Waals surface area contributed by atoms with Gasteiger partial charge >= 0.3 is 0 Å². The Morgan fingerprint density at radius 2 is 1.73 bits per heavy atom. The predicted molar refractivity (Wildman–Crippen MR) is 90.0 cm³/mol. The van der Waals surface area contributed by atoms with Crippen molar-refractivity contribution in [2.75, 3.05) is 20.1 Å². The molecule has 2 rings (SSSR count). The lowest BCUT2D eigenvalue weighted by atomic mass is 10.1. The van der Waals surface area contributed by atoms with Crippen LogP contribution in [0.4, 0.5) is 0 Å². The monoisotopic (exact) mass is 299 g/mol. The van der Waals surface area contributed by atoms with E-state index < -0.39 is 6.10 Å². The van der Waals surface area contributed by atoms with Crippen LogP contribution in [0.2, 0.25) is 0 Å². The van der Waals surface area contributed by atoms with Gasteiger partial charge in [0.1, 0.15) is 12.4 Å². The summed E-state index contributed by atoms with van der Waals surface area (Å²) in [4.78, 5) is 2.14. The van der Waals surface area contributed by atoms with Crippen molar-refractivity contribution in [2.45, 2.75) is 26.1 Å². The molecule has 2 aromatic carbocycles. The van der Waals surface area contributed by atoms with Gasteiger partial charge in [-0.25, -0.2) is 0 Å². The Hall–Kier alpha value is -1.84. The van der Waals surface area contributed by atoms with Gasteiger partial charge in [0, 0.05) is 6.54 Å². The lowest BCUT2D eigenvalue weighted by Crippen LogP contribution is -2.25. The smallest absolute Gasteiger partial charge is 0.119 e. The number of aliphatic hydroxyl groups is 1. The standard InChI is InChI=1S/C19H25NO2/c1-3-13-20(2)14-19(21)17-9-11-18(12-10-17)22-15-16-7-5-4-6-8-16/h4-12,19,21H,3,13-15H2,1-2H3. The molecule has 22 heavy (non-hydrogen) atoms. The van der Waals surface area contributed by atoms with Gasteiger partial charge in [-0.2, -0.15) is 0 Å². The number of nitrogens with zero attached hydrogens (tertiary/aromatic N) is 1. The molecule has 3 heteroatoms. The maximum Gasteiger partial charge on any atom is 0.119 e. The molecule has 1 unspecified atom stereocenters. The van der Waals surface area contributed by atoms with Crippen LogP contribution in [0.25, 0.3) is 0 Å². The predicted octanol–water partition coefficient (Wildman–Crippen LogP) is 3.64. The van der Waals surface area contributed by atoms with Gasteiger partial charge in [-0.1, -0.05) is 49.4 Å². The summed E-state index contributed by atoms with van der Waals surface area (Å²) in [6.07, 6.45) is 0.634. The molecule has 0 aliphatic carbocycles. The summed E-state index contributed by atoms with van der Waals surface area (Å²) >= 11 is 0. The summed E-state index contributed by atoms with van der Waals surface area (Å²) in [6, 6.07) is 17.8. The largest absolute Gasteiger partial charge is 0.489 e. The van der Waals surface area contributed by atoms with Gasteiger partial charge in [0.05, 0.1) is 6.10 Å². The number of likely N-dealkylation sites (N-methyl/N-ethyl adjacent to an activating group) is 1. The fourth-order valence-electron chi connectivity index (χ4n) is 2.40. The summed E-state index contributed by atoms with van der Waals surface area (Å²) < 4.78 is 5.75. The highest BCUT2D eigenvalue weighted by molar-refractivity contribution is 5.29. The van der Waals surface area contributed by atoms with E-state index in [1.807, 2.05) is 61.6 Å². The van der Waals surface area contributed by atoms with Gasteiger partial charge in [0.15, 0.2) is 0 Å². The SMILES string of the molecule is CCCN(C)CC(O)c1ccc(OCc2ccccc2)cc1. The molecular weight excluding hydrogens is 274 g/mol. The van der Waals surface area contributed by atoms with Crippen molar-refractivity contribution in [3.05, 3.63) is 65.7 Å². The molecule has 0 aliphatic rings. The van der Waals surface area contributed by atoms with Gasteiger partial charge < -0.3 is 14.7 Å². The van der Waals surface area contributed by atoms with E-state index in [0.717, 1.165) is 29.8 Å². The molecule has 0 saturated heterocycles. The topological polar surface area (TPSA) is 32.7 Å². The third-order valence-corrected chi connectivity index (χ3v) is 3.60. The van der Waals surface area contributed by atoms with Crippen molar-refractivity contribution < 1.29 is 9.84 Å². The minimum Gasteiger partial charge on any atom is -0.489 e. The van der Waals surface area contributed by atoms with Crippen LogP contribution in [0.1, 0.15) is 30.6 Å². The normalized spacial score (nSPS) is 12.4. The van der Waals surface area contributed by atoms with E-state index in [-0.39, 0.29) is 0 Å². The molecule has 0 saturated carbocycles. The molecule has 0 radical (unpaired) electrons. The molecule has 118 valence electrons. The zero-order chi connectivity index (χ0) is 15.8. The van der Waals surface area contributed by atoms with E-state index in [4.69, 9.17) is 4.74 Å². The molecule has 0 spiro atoms. The summed E-state index contributed by atoms with van der Waals surface area (Å²) in [6.45, 7) is 4.34. The highest BCUT2D eigenvalue weighted by Gasteiger charge is 2.10. The summed E-state index contributed by atoms with van der Waals surface area (Å²) in [5.41, 5.74) is 2.07. The van der Waals surface area contributed by atoms with Gasteiger partial charge in [-0.05, 0) is 43.3 Å². The Bertz CT molecular complexity index is 539. The fourth-order valence-corrected chi connectivity index (χ4v) is 2.40. The van der Waals surface area contributed by atoms with Gasteiger partial charge in [-0.15, -0.1) is 0 Å². The first-order valence-corrected chi connectivity index (χ1v) is 7.82. The van der Waals surface area contributed by atoms with Crippen LogP contribution in [0, 0.1) is 0 Å². The lowest BCUT2D eigenvalue weighted by molar-refractivity contribution is 0.127. The molecule has 0 aromatic heterocycles. The molecule has 1 N–H and O–H groups in total. The maximum absolute atomic E-state index is 10.2. The minimum atomic E-state index is -0.459. The van der Waals surface area contributed by atoms with E-state index in [1.54, 1.807) is 0 Å². The zero-order valence-corrected chi connectivity index (χ0v) is 13.4. The number of hydrogen-bond acceptors (Lipinski definition) is 3. The van der Waals surface area contributed by atoms with Crippen LogP contribution in [0.5, 0.6) is 5.75 Å². The number of aliphatic hydroxyl groups excluding tert-OH is 1. The summed E-state index contributed by atoms with van der Waals surface area (Å²) in [7, 11) is 2.03. The molecule has 0 bridgehead atoms. The average Bonchev–Trinajstić information content (AvgIpc) is 2.54. The molecule has 0 amide bonds. The van der Waals surface area contributed by atoms with Crippen LogP contribution in [-0.2, 0) is 6.61 Å². The second-order valence-corrected chi connectivity index (χ2v) is 5.62. The third-order valence-electron chi connectivity index (χ3n) is 3.60. The van der Waals surface area contributed by atoms with Gasteiger partial charge in [-0.3, -0.25) is 0 Å². The first-order valence-electron chi connectivity index (χ1n) is 7.82. The molecular formula is C19H25NO2. The molecule has 1 atom stereocenters. The lowest BCUT2D eigenvalue weighted by Gasteiger charge is -2.20. The van der Waals surface area contributed by atoms with Crippen molar-refractivity contribution in [1.82, 2.24) is 4.90 Å². The molecule has 0 aliphatic heterocycles. The van der Waals surface area contributed by atoms with Crippen LogP contribution in [-0.4, -0.2) is 30.1 Å². The maximum atomic E-state index is 10.2. The highest BCUT2D eigenvalue weighted by Crippen LogP contribution is 2.19. The van der Waals surface area contributed by atoms with Crippen molar-refractivity contribution in [3.63, 3.8) is 0 Å². The first kappa shape index (κ1) is 16.5. The Kier molecular flexibility index (Phi) is 6.44. The highest BCUT2D eigenvalue weighted by atomic mass is 16.5. The van der Waals surface area contributed by atoms with E-state index in [2.05, 4.69) is 11.8 Å². The average molecular weight is 299 g/mol.